The summed E-state index contributed by atoms with van der Waals surface area (Å²) >= 11 is 1.49. The summed E-state index contributed by atoms with van der Waals surface area (Å²) in [5.74, 6) is 0.963. The van der Waals surface area contributed by atoms with Crippen molar-refractivity contribution in [3.8, 4) is 0 Å². The van der Waals surface area contributed by atoms with E-state index in [0.29, 0.717) is 5.03 Å². The van der Waals surface area contributed by atoms with E-state index >= 15 is 0 Å². The molecule has 0 aliphatic carbocycles. The first-order valence-electron chi connectivity index (χ1n) is 5.13. The van der Waals surface area contributed by atoms with Gasteiger partial charge in [-0.25, -0.2) is 4.98 Å². The molecule has 88 valence electrons. The van der Waals surface area contributed by atoms with Crippen LogP contribution in [0.5, 0.6) is 0 Å². The number of nitrogen functional groups attached to an aromatic ring is 1. The van der Waals surface area contributed by atoms with Gasteiger partial charge in [-0.1, -0.05) is 6.07 Å². The van der Waals surface area contributed by atoms with Gasteiger partial charge in [-0.3, -0.25) is 14.8 Å². The van der Waals surface area contributed by atoms with E-state index in [-0.39, 0.29) is 11.5 Å². The Balaban J connectivity index is 1.92. The van der Waals surface area contributed by atoms with E-state index < -0.39 is 0 Å². The molecular weight excluding hydrogens is 236 g/mol. The minimum Gasteiger partial charge on any atom is -0.369 e. The molecule has 0 aromatic carbocycles. The number of rotatable bonds is 4. The van der Waals surface area contributed by atoms with E-state index in [1.54, 1.807) is 6.20 Å². The van der Waals surface area contributed by atoms with Crippen LogP contribution < -0.4 is 11.3 Å². The Bertz CT molecular complexity index is 541. The van der Waals surface area contributed by atoms with Crippen molar-refractivity contribution in [2.75, 3.05) is 11.5 Å². The van der Waals surface area contributed by atoms with Gasteiger partial charge < -0.3 is 5.73 Å². The molecule has 6 heteroatoms. The molecule has 2 aromatic rings. The Labute approximate surface area is 103 Å². The molecule has 0 aliphatic rings. The van der Waals surface area contributed by atoms with Gasteiger partial charge in [-0.05, 0) is 18.6 Å². The highest BCUT2D eigenvalue weighted by atomic mass is 32.2. The molecule has 2 rings (SSSR count). The lowest BCUT2D eigenvalue weighted by Gasteiger charge is -2.01. The highest BCUT2D eigenvalue weighted by Gasteiger charge is 2.00. The highest BCUT2D eigenvalue weighted by molar-refractivity contribution is 7.99. The zero-order valence-corrected chi connectivity index (χ0v) is 9.91. The van der Waals surface area contributed by atoms with Crippen molar-refractivity contribution in [2.24, 2.45) is 0 Å². The lowest BCUT2D eigenvalue weighted by Crippen LogP contribution is -2.10. The van der Waals surface area contributed by atoms with Gasteiger partial charge in [0.2, 0.25) is 5.95 Å². The van der Waals surface area contributed by atoms with E-state index in [1.807, 2.05) is 18.2 Å². The van der Waals surface area contributed by atoms with Crippen LogP contribution in [0.4, 0.5) is 5.95 Å². The summed E-state index contributed by atoms with van der Waals surface area (Å²) in [6.45, 7) is 0. The average molecular weight is 248 g/mol. The molecule has 0 amide bonds. The van der Waals surface area contributed by atoms with Gasteiger partial charge in [0.05, 0.1) is 0 Å². The second kappa shape index (κ2) is 5.49. The molecule has 0 fully saturated rings. The summed E-state index contributed by atoms with van der Waals surface area (Å²) in [5, 5.41) is 0.641. The number of aryl methyl sites for hydroxylation is 1. The lowest BCUT2D eigenvalue weighted by molar-refractivity contribution is 1.02. The van der Waals surface area contributed by atoms with Crippen molar-refractivity contribution in [3.05, 3.63) is 46.5 Å². The second-order valence-corrected chi connectivity index (χ2v) is 4.50. The van der Waals surface area contributed by atoms with Crippen LogP contribution in [0.15, 0.2) is 40.3 Å². The molecule has 3 N–H and O–H groups in total. The number of H-pyrrole nitrogens is 1. The quantitative estimate of drug-likeness (QED) is 0.624. The second-order valence-electron chi connectivity index (χ2n) is 3.39. The molecule has 2 heterocycles. The molecule has 0 atom stereocenters. The van der Waals surface area contributed by atoms with Crippen molar-refractivity contribution < 1.29 is 0 Å². The van der Waals surface area contributed by atoms with E-state index in [1.165, 1.54) is 17.8 Å². The van der Waals surface area contributed by atoms with Crippen molar-refractivity contribution in [1.29, 1.82) is 0 Å². The van der Waals surface area contributed by atoms with Crippen LogP contribution in [0.1, 0.15) is 5.69 Å². The molecule has 0 radical (unpaired) electrons. The molecular formula is C11H12N4OS. The van der Waals surface area contributed by atoms with Crippen LogP contribution in [0.3, 0.4) is 0 Å². The number of nitrogens with zero attached hydrogens (tertiary/aromatic N) is 2. The maximum Gasteiger partial charge on any atom is 0.253 e. The summed E-state index contributed by atoms with van der Waals surface area (Å²) in [5.41, 5.74) is 6.25. The highest BCUT2D eigenvalue weighted by Crippen LogP contribution is 2.14. The van der Waals surface area contributed by atoms with Gasteiger partial charge >= 0.3 is 0 Å². The average Bonchev–Trinajstić information content (AvgIpc) is 2.29. The van der Waals surface area contributed by atoms with Crippen LogP contribution in [0, 0.1) is 0 Å². The predicted molar refractivity (Wildman–Crippen MR) is 67.9 cm³/mol. The number of nitrogens with two attached hydrogens (primary N) is 1. The molecule has 0 spiro atoms. The molecule has 0 saturated heterocycles. The van der Waals surface area contributed by atoms with Gasteiger partial charge in [-0.2, -0.15) is 0 Å². The number of aromatic amines is 1. The summed E-state index contributed by atoms with van der Waals surface area (Å²) in [6, 6.07) is 7.26. The van der Waals surface area contributed by atoms with Gasteiger partial charge in [0.15, 0.2) is 0 Å². The van der Waals surface area contributed by atoms with Crippen LogP contribution in [0.25, 0.3) is 0 Å². The smallest absolute Gasteiger partial charge is 0.253 e. The van der Waals surface area contributed by atoms with E-state index in [2.05, 4.69) is 15.0 Å². The first-order valence-corrected chi connectivity index (χ1v) is 6.12. The number of hydrogen-bond donors (Lipinski definition) is 2. The van der Waals surface area contributed by atoms with Crippen molar-refractivity contribution in [3.63, 3.8) is 0 Å². The van der Waals surface area contributed by atoms with Gasteiger partial charge in [0.25, 0.3) is 5.56 Å². The Hall–Kier alpha value is -1.82. The van der Waals surface area contributed by atoms with E-state index in [4.69, 9.17) is 5.73 Å². The van der Waals surface area contributed by atoms with Gasteiger partial charge in [0.1, 0.15) is 5.03 Å². The zero-order chi connectivity index (χ0) is 12.1. The third-order valence-electron chi connectivity index (χ3n) is 2.07. The summed E-state index contributed by atoms with van der Waals surface area (Å²) < 4.78 is 0. The Kier molecular flexibility index (Phi) is 3.77. The van der Waals surface area contributed by atoms with Crippen LogP contribution in [-0.4, -0.2) is 20.7 Å². The molecule has 2 aromatic heterocycles. The van der Waals surface area contributed by atoms with Crippen molar-refractivity contribution in [2.45, 2.75) is 11.4 Å². The predicted octanol–water partition coefficient (Wildman–Crippen LogP) is 1.08. The van der Waals surface area contributed by atoms with Gasteiger partial charge in [-0.15, -0.1) is 11.8 Å². The molecule has 0 unspecified atom stereocenters. The molecule has 5 nitrogen and oxygen atoms in total. The van der Waals surface area contributed by atoms with Gasteiger partial charge in [0, 0.05) is 23.7 Å². The summed E-state index contributed by atoms with van der Waals surface area (Å²) in [6.07, 6.45) is 2.60. The number of nitrogens with one attached hydrogen (secondary N) is 1. The van der Waals surface area contributed by atoms with Crippen LogP contribution in [0.2, 0.25) is 0 Å². The van der Waals surface area contributed by atoms with E-state index in [0.717, 1.165) is 17.9 Å². The van der Waals surface area contributed by atoms with Crippen LogP contribution >= 0.6 is 11.8 Å². The van der Waals surface area contributed by atoms with Crippen molar-refractivity contribution >= 4 is 17.7 Å². The minimum absolute atomic E-state index is 0.151. The maximum atomic E-state index is 11.1. The molecule has 0 bridgehead atoms. The minimum atomic E-state index is -0.224. The first kappa shape index (κ1) is 11.7. The first-order chi connectivity index (χ1) is 8.24. The number of aromatic nitrogens is 3. The molecule has 17 heavy (non-hydrogen) atoms. The van der Waals surface area contributed by atoms with Crippen molar-refractivity contribution in [1.82, 2.24) is 15.0 Å². The lowest BCUT2D eigenvalue weighted by atomic mass is 10.3. The number of hydrogen-bond acceptors (Lipinski definition) is 5. The monoisotopic (exact) mass is 248 g/mol. The third-order valence-corrected chi connectivity index (χ3v) is 2.98. The SMILES string of the molecule is Nc1nc(SCCc2ccccn2)cc(=O)[nH]1. The fraction of sp³-hybridized carbons (Fsp3) is 0.182. The number of anilines is 1. The maximum absolute atomic E-state index is 11.1. The molecule has 0 aliphatic heterocycles. The zero-order valence-electron chi connectivity index (χ0n) is 9.09. The molecule has 0 saturated carbocycles. The standard InChI is InChI=1S/C11H12N4OS/c12-11-14-9(16)7-10(15-11)17-6-4-8-3-1-2-5-13-8/h1-3,5,7H,4,6H2,(H3,12,14,15,16). The fourth-order valence-corrected chi connectivity index (χ4v) is 2.21. The summed E-state index contributed by atoms with van der Waals surface area (Å²) in [4.78, 5) is 21.8. The Morgan fingerprint density at radius 3 is 3.00 bits per heavy atom. The summed E-state index contributed by atoms with van der Waals surface area (Å²) in [7, 11) is 0. The Morgan fingerprint density at radius 2 is 2.29 bits per heavy atom. The number of thioether (sulfide) groups is 1. The Morgan fingerprint density at radius 1 is 1.41 bits per heavy atom. The topological polar surface area (TPSA) is 84.7 Å². The number of pyridine rings is 1. The third kappa shape index (κ3) is 3.60. The fourth-order valence-electron chi connectivity index (χ4n) is 1.33. The largest absolute Gasteiger partial charge is 0.369 e. The van der Waals surface area contributed by atoms with E-state index in [9.17, 15) is 4.79 Å². The van der Waals surface area contributed by atoms with Crippen LogP contribution in [-0.2, 0) is 6.42 Å². The normalized spacial score (nSPS) is 10.4.